The Kier molecular flexibility index (Phi) is 5.20. The van der Waals surface area contributed by atoms with Crippen LogP contribution in [0.15, 0.2) is 12.2 Å². The van der Waals surface area contributed by atoms with E-state index in [1.165, 1.54) is 19.4 Å². The fourth-order valence-corrected chi connectivity index (χ4v) is 1.91. The van der Waals surface area contributed by atoms with Gasteiger partial charge in [-0.05, 0) is 25.3 Å². The van der Waals surface area contributed by atoms with Gasteiger partial charge in [0.15, 0.2) is 0 Å². The van der Waals surface area contributed by atoms with Crippen LogP contribution in [-0.2, 0) is 4.74 Å². The van der Waals surface area contributed by atoms with Crippen LogP contribution in [0.5, 0.6) is 0 Å². The monoisotopic (exact) mass is 197 g/mol. The summed E-state index contributed by atoms with van der Waals surface area (Å²) in [4.78, 5) is 2.52. The first-order valence-electron chi connectivity index (χ1n) is 5.65. The Morgan fingerprint density at radius 2 is 2.29 bits per heavy atom. The third kappa shape index (κ3) is 3.81. The van der Waals surface area contributed by atoms with Gasteiger partial charge in [-0.3, -0.25) is 4.90 Å². The lowest BCUT2D eigenvalue weighted by Gasteiger charge is -2.21. The highest BCUT2D eigenvalue weighted by Crippen LogP contribution is 2.18. The topological polar surface area (TPSA) is 12.5 Å². The molecule has 0 N–H and O–H groups in total. The number of hydrogen-bond acceptors (Lipinski definition) is 2. The summed E-state index contributed by atoms with van der Waals surface area (Å²) in [5.41, 5.74) is 0. The maximum Gasteiger partial charge on any atom is 0.0589 e. The van der Waals surface area contributed by atoms with Gasteiger partial charge in [0.05, 0.1) is 6.61 Å². The SMILES string of the molecule is COCCN1CCCC1/C=C/C(C)C. The summed E-state index contributed by atoms with van der Waals surface area (Å²) in [5, 5.41) is 0. The molecule has 1 fully saturated rings. The van der Waals surface area contributed by atoms with Crippen LogP contribution in [0.4, 0.5) is 0 Å². The molecule has 0 spiro atoms. The van der Waals surface area contributed by atoms with Crippen LogP contribution >= 0.6 is 0 Å². The molecule has 1 aliphatic heterocycles. The highest BCUT2D eigenvalue weighted by atomic mass is 16.5. The number of likely N-dealkylation sites (tertiary alicyclic amines) is 1. The molecular weight excluding hydrogens is 174 g/mol. The first-order valence-corrected chi connectivity index (χ1v) is 5.65. The normalized spacial score (nSPS) is 24.1. The predicted molar refractivity (Wildman–Crippen MR) is 60.4 cm³/mol. The third-order valence-electron chi connectivity index (χ3n) is 2.72. The van der Waals surface area contributed by atoms with Gasteiger partial charge >= 0.3 is 0 Å². The standard InChI is InChI=1S/C12H23NO/c1-11(2)6-7-12-5-4-8-13(12)9-10-14-3/h6-7,11-12H,4-5,8-10H2,1-3H3/b7-6+. The highest BCUT2D eigenvalue weighted by molar-refractivity contribution is 4.98. The molecule has 1 saturated heterocycles. The minimum absolute atomic E-state index is 0.660. The number of ether oxygens (including phenoxy) is 1. The van der Waals surface area contributed by atoms with E-state index in [-0.39, 0.29) is 0 Å². The molecule has 1 rings (SSSR count). The molecule has 0 bridgehead atoms. The van der Waals surface area contributed by atoms with Gasteiger partial charge < -0.3 is 4.74 Å². The van der Waals surface area contributed by atoms with Crippen LogP contribution < -0.4 is 0 Å². The summed E-state index contributed by atoms with van der Waals surface area (Å²) in [6.45, 7) is 7.61. The molecule has 0 radical (unpaired) electrons. The van der Waals surface area contributed by atoms with E-state index in [0.717, 1.165) is 13.2 Å². The predicted octanol–water partition coefficient (Wildman–Crippen LogP) is 2.31. The van der Waals surface area contributed by atoms with E-state index in [1.54, 1.807) is 7.11 Å². The Morgan fingerprint density at radius 1 is 1.50 bits per heavy atom. The van der Waals surface area contributed by atoms with Crippen LogP contribution in [0.3, 0.4) is 0 Å². The van der Waals surface area contributed by atoms with Gasteiger partial charge in [-0.2, -0.15) is 0 Å². The number of hydrogen-bond donors (Lipinski definition) is 0. The molecule has 1 unspecified atom stereocenters. The van der Waals surface area contributed by atoms with Crippen molar-refractivity contribution in [3.05, 3.63) is 12.2 Å². The van der Waals surface area contributed by atoms with E-state index in [1.807, 2.05) is 0 Å². The van der Waals surface area contributed by atoms with E-state index in [9.17, 15) is 0 Å². The summed E-state index contributed by atoms with van der Waals surface area (Å²) in [7, 11) is 1.77. The minimum atomic E-state index is 0.660. The Labute approximate surface area is 87.9 Å². The quantitative estimate of drug-likeness (QED) is 0.627. The number of rotatable bonds is 5. The van der Waals surface area contributed by atoms with Crippen molar-refractivity contribution in [2.45, 2.75) is 32.7 Å². The molecule has 0 aliphatic carbocycles. The van der Waals surface area contributed by atoms with Crippen molar-refractivity contribution < 1.29 is 4.74 Å². The maximum atomic E-state index is 5.11. The van der Waals surface area contributed by atoms with Crippen molar-refractivity contribution in [3.8, 4) is 0 Å². The van der Waals surface area contributed by atoms with Crippen molar-refractivity contribution in [3.63, 3.8) is 0 Å². The largest absolute Gasteiger partial charge is 0.383 e. The van der Waals surface area contributed by atoms with E-state index >= 15 is 0 Å². The zero-order chi connectivity index (χ0) is 10.4. The summed E-state index contributed by atoms with van der Waals surface area (Å²) in [6.07, 6.45) is 7.33. The average molecular weight is 197 g/mol. The maximum absolute atomic E-state index is 5.11. The second kappa shape index (κ2) is 6.20. The molecule has 0 aromatic heterocycles. The molecule has 1 aliphatic rings. The first-order chi connectivity index (χ1) is 6.74. The molecule has 0 aromatic carbocycles. The Hall–Kier alpha value is -0.340. The molecule has 2 nitrogen and oxygen atoms in total. The molecular formula is C12H23NO. The van der Waals surface area contributed by atoms with E-state index < -0.39 is 0 Å². The van der Waals surface area contributed by atoms with Crippen molar-refractivity contribution >= 4 is 0 Å². The summed E-state index contributed by atoms with van der Waals surface area (Å²) in [6, 6.07) is 0.660. The molecule has 2 heteroatoms. The van der Waals surface area contributed by atoms with E-state index in [0.29, 0.717) is 12.0 Å². The Balaban J connectivity index is 2.35. The van der Waals surface area contributed by atoms with Crippen molar-refractivity contribution in [1.82, 2.24) is 4.90 Å². The Bertz CT molecular complexity index is 177. The van der Waals surface area contributed by atoms with Gasteiger partial charge in [-0.25, -0.2) is 0 Å². The van der Waals surface area contributed by atoms with Crippen LogP contribution in [0, 0.1) is 5.92 Å². The van der Waals surface area contributed by atoms with Gasteiger partial charge in [-0.1, -0.05) is 26.0 Å². The lowest BCUT2D eigenvalue weighted by Crippen LogP contribution is -2.31. The number of allylic oxidation sites excluding steroid dienone is 1. The second-order valence-electron chi connectivity index (χ2n) is 4.37. The molecule has 82 valence electrons. The molecule has 0 saturated carbocycles. The summed E-state index contributed by atoms with van der Waals surface area (Å²) >= 11 is 0. The van der Waals surface area contributed by atoms with E-state index in [2.05, 4.69) is 30.9 Å². The molecule has 0 aromatic rings. The van der Waals surface area contributed by atoms with Crippen LogP contribution in [0.25, 0.3) is 0 Å². The van der Waals surface area contributed by atoms with E-state index in [4.69, 9.17) is 4.74 Å². The zero-order valence-electron chi connectivity index (χ0n) is 9.70. The summed E-state index contributed by atoms with van der Waals surface area (Å²) < 4.78 is 5.11. The van der Waals surface area contributed by atoms with Crippen molar-refractivity contribution in [1.29, 1.82) is 0 Å². The van der Waals surface area contributed by atoms with Crippen molar-refractivity contribution in [2.75, 3.05) is 26.8 Å². The molecule has 14 heavy (non-hydrogen) atoms. The number of methoxy groups -OCH3 is 1. The number of nitrogens with zero attached hydrogens (tertiary/aromatic N) is 1. The molecule has 1 atom stereocenters. The first kappa shape index (κ1) is 11.7. The average Bonchev–Trinajstić information content (AvgIpc) is 2.58. The lowest BCUT2D eigenvalue weighted by atomic mass is 10.1. The smallest absolute Gasteiger partial charge is 0.0589 e. The summed E-state index contributed by atoms with van der Waals surface area (Å²) in [5.74, 6) is 0.667. The van der Waals surface area contributed by atoms with Gasteiger partial charge in [0.25, 0.3) is 0 Å². The van der Waals surface area contributed by atoms with Crippen LogP contribution in [0.1, 0.15) is 26.7 Å². The lowest BCUT2D eigenvalue weighted by molar-refractivity contribution is 0.150. The fourth-order valence-electron chi connectivity index (χ4n) is 1.91. The third-order valence-corrected chi connectivity index (χ3v) is 2.72. The molecule has 1 heterocycles. The van der Waals surface area contributed by atoms with Crippen LogP contribution in [-0.4, -0.2) is 37.7 Å². The van der Waals surface area contributed by atoms with Gasteiger partial charge in [0.2, 0.25) is 0 Å². The van der Waals surface area contributed by atoms with Gasteiger partial charge in [0, 0.05) is 19.7 Å². The van der Waals surface area contributed by atoms with Crippen molar-refractivity contribution in [2.24, 2.45) is 5.92 Å². The Morgan fingerprint density at radius 3 is 2.93 bits per heavy atom. The van der Waals surface area contributed by atoms with Gasteiger partial charge in [0.1, 0.15) is 0 Å². The molecule has 0 amide bonds. The minimum Gasteiger partial charge on any atom is -0.383 e. The second-order valence-corrected chi connectivity index (χ2v) is 4.37. The van der Waals surface area contributed by atoms with Crippen LogP contribution in [0.2, 0.25) is 0 Å². The highest BCUT2D eigenvalue weighted by Gasteiger charge is 2.21. The van der Waals surface area contributed by atoms with Gasteiger partial charge in [-0.15, -0.1) is 0 Å². The fraction of sp³-hybridized carbons (Fsp3) is 0.833. The zero-order valence-corrected chi connectivity index (χ0v) is 9.70.